The number of aromatic nitrogens is 1. The Morgan fingerprint density at radius 3 is 2.62 bits per heavy atom. The van der Waals surface area contributed by atoms with Gasteiger partial charge in [0.15, 0.2) is 0 Å². The van der Waals surface area contributed by atoms with Crippen LogP contribution in [-0.2, 0) is 17.8 Å². The quantitative estimate of drug-likeness (QED) is 0.474. The molecule has 2 heterocycles. The average Bonchev–Trinajstić information content (AvgIpc) is 2.86. The van der Waals surface area contributed by atoms with Gasteiger partial charge in [-0.3, -0.25) is 15.1 Å². The van der Waals surface area contributed by atoms with Gasteiger partial charge in [-0.05, 0) is 41.2 Å². The maximum Gasteiger partial charge on any atom is 0.245 e. The zero-order valence-corrected chi connectivity index (χ0v) is 16.0. The molecule has 1 aromatic heterocycles. The molecular formula is C23H23N5O. The summed E-state index contributed by atoms with van der Waals surface area (Å²) in [6.45, 7) is 0.408. The molecule has 146 valence electrons. The summed E-state index contributed by atoms with van der Waals surface area (Å²) in [6, 6.07) is 18.9. The highest BCUT2D eigenvalue weighted by atomic mass is 16.2. The van der Waals surface area contributed by atoms with Gasteiger partial charge in [0.1, 0.15) is 11.7 Å². The van der Waals surface area contributed by atoms with E-state index in [-0.39, 0.29) is 11.7 Å². The zero-order chi connectivity index (χ0) is 20.4. The Morgan fingerprint density at radius 1 is 1.10 bits per heavy atom. The smallest absolute Gasteiger partial charge is 0.245 e. The number of carbonyl (C=O) groups excluding carboxylic acids is 1. The first-order chi connectivity index (χ1) is 14.0. The Hall–Kier alpha value is -3.51. The minimum Gasteiger partial charge on any atom is -0.384 e. The lowest BCUT2D eigenvalue weighted by atomic mass is 9.98. The van der Waals surface area contributed by atoms with Crippen molar-refractivity contribution in [3.8, 4) is 11.1 Å². The lowest BCUT2D eigenvalue weighted by Crippen LogP contribution is -2.42. The number of rotatable bonds is 4. The number of nitrogen functional groups attached to an aromatic ring is 1. The standard InChI is InChI=1S/C23H23N5O/c24-20-12-11-17-4-3-13-27-22(17)28(23(20)29)14-15-7-9-16(10-8-15)18-5-1-2-6-19(18)21(25)26/h1-10,13,20H,11-12,14,24H2,(H3,25,26)/t20-/m1/s1. The molecule has 0 unspecified atom stereocenters. The van der Waals surface area contributed by atoms with E-state index < -0.39 is 6.04 Å². The van der Waals surface area contributed by atoms with Crippen LogP contribution in [0, 0.1) is 5.41 Å². The monoisotopic (exact) mass is 385 g/mol. The third-order valence-corrected chi connectivity index (χ3v) is 5.25. The molecule has 1 amide bonds. The lowest BCUT2D eigenvalue weighted by Gasteiger charge is -2.23. The first-order valence-corrected chi connectivity index (χ1v) is 9.58. The fraction of sp³-hybridized carbons (Fsp3) is 0.174. The summed E-state index contributed by atoms with van der Waals surface area (Å²) in [4.78, 5) is 19.0. The molecule has 1 aliphatic rings. The lowest BCUT2D eigenvalue weighted by molar-refractivity contribution is -0.120. The van der Waals surface area contributed by atoms with Crippen molar-refractivity contribution in [2.45, 2.75) is 25.4 Å². The van der Waals surface area contributed by atoms with E-state index in [9.17, 15) is 4.79 Å². The molecule has 1 atom stereocenters. The van der Waals surface area contributed by atoms with Crippen LogP contribution in [-0.4, -0.2) is 22.8 Å². The van der Waals surface area contributed by atoms with Gasteiger partial charge >= 0.3 is 0 Å². The third kappa shape index (κ3) is 3.75. The summed E-state index contributed by atoms with van der Waals surface area (Å²) >= 11 is 0. The van der Waals surface area contributed by atoms with E-state index >= 15 is 0 Å². The summed E-state index contributed by atoms with van der Waals surface area (Å²) in [5.74, 6) is 0.626. The van der Waals surface area contributed by atoms with Crippen LogP contribution in [0.4, 0.5) is 5.82 Å². The van der Waals surface area contributed by atoms with Crippen LogP contribution in [0.25, 0.3) is 11.1 Å². The van der Waals surface area contributed by atoms with E-state index in [1.165, 1.54) is 0 Å². The van der Waals surface area contributed by atoms with Crippen molar-refractivity contribution in [2.75, 3.05) is 4.90 Å². The summed E-state index contributed by atoms with van der Waals surface area (Å²) in [6.07, 6.45) is 3.07. The van der Waals surface area contributed by atoms with Crippen LogP contribution in [0.5, 0.6) is 0 Å². The highest BCUT2D eigenvalue weighted by Crippen LogP contribution is 2.27. The molecule has 0 saturated carbocycles. The molecule has 0 saturated heterocycles. The minimum absolute atomic E-state index is 0.0384. The first-order valence-electron chi connectivity index (χ1n) is 9.58. The van der Waals surface area contributed by atoms with Gasteiger partial charge in [-0.2, -0.15) is 0 Å². The van der Waals surface area contributed by atoms with Gasteiger partial charge in [0.05, 0.1) is 12.6 Å². The number of hydrogen-bond donors (Lipinski definition) is 3. The number of hydrogen-bond acceptors (Lipinski definition) is 4. The Morgan fingerprint density at radius 2 is 1.86 bits per heavy atom. The topological polar surface area (TPSA) is 109 Å². The van der Waals surface area contributed by atoms with Gasteiger partial charge in [-0.15, -0.1) is 0 Å². The number of anilines is 1. The van der Waals surface area contributed by atoms with Crippen molar-refractivity contribution in [2.24, 2.45) is 11.5 Å². The summed E-state index contributed by atoms with van der Waals surface area (Å²) in [5, 5.41) is 7.78. The molecule has 2 aromatic carbocycles. The minimum atomic E-state index is -0.522. The van der Waals surface area contributed by atoms with Crippen LogP contribution >= 0.6 is 0 Å². The predicted octanol–water partition coefficient (Wildman–Crippen LogP) is 2.84. The van der Waals surface area contributed by atoms with Crippen LogP contribution in [0.15, 0.2) is 66.9 Å². The number of amidine groups is 1. The van der Waals surface area contributed by atoms with Crippen LogP contribution in [0.3, 0.4) is 0 Å². The largest absolute Gasteiger partial charge is 0.384 e. The molecule has 0 radical (unpaired) electrons. The van der Waals surface area contributed by atoms with E-state index in [1.807, 2.05) is 60.7 Å². The van der Waals surface area contributed by atoms with Crippen LogP contribution in [0.2, 0.25) is 0 Å². The number of fused-ring (bicyclic) bond motifs is 1. The molecule has 0 spiro atoms. The van der Waals surface area contributed by atoms with Crippen molar-refractivity contribution in [3.05, 3.63) is 83.6 Å². The van der Waals surface area contributed by atoms with Gasteiger partial charge in [0, 0.05) is 11.8 Å². The highest BCUT2D eigenvalue weighted by Gasteiger charge is 2.28. The predicted molar refractivity (Wildman–Crippen MR) is 115 cm³/mol. The second-order valence-corrected chi connectivity index (χ2v) is 7.21. The second-order valence-electron chi connectivity index (χ2n) is 7.21. The number of amides is 1. The normalized spacial score (nSPS) is 16.2. The number of nitrogens with two attached hydrogens (primary N) is 2. The highest BCUT2D eigenvalue weighted by molar-refractivity contribution is 6.01. The van der Waals surface area contributed by atoms with E-state index in [2.05, 4.69) is 4.98 Å². The Labute approximate surface area is 169 Å². The maximum atomic E-state index is 12.8. The zero-order valence-electron chi connectivity index (χ0n) is 16.0. The molecule has 1 aliphatic heterocycles. The van der Waals surface area contributed by atoms with E-state index in [4.69, 9.17) is 16.9 Å². The number of nitrogens with one attached hydrogen (secondary N) is 1. The maximum absolute atomic E-state index is 12.8. The molecular weight excluding hydrogens is 362 g/mol. The first kappa shape index (κ1) is 18.8. The number of aryl methyl sites for hydroxylation is 1. The molecule has 0 bridgehead atoms. The molecule has 6 nitrogen and oxygen atoms in total. The number of pyridine rings is 1. The molecule has 4 rings (SSSR count). The molecule has 6 heteroatoms. The molecule has 5 N–H and O–H groups in total. The van der Waals surface area contributed by atoms with Crippen molar-refractivity contribution in [1.29, 1.82) is 5.41 Å². The number of benzene rings is 2. The van der Waals surface area contributed by atoms with Gasteiger partial charge in [-0.1, -0.05) is 54.6 Å². The van der Waals surface area contributed by atoms with E-state index in [0.717, 1.165) is 28.7 Å². The van der Waals surface area contributed by atoms with E-state index in [1.54, 1.807) is 11.1 Å². The summed E-state index contributed by atoms with van der Waals surface area (Å²) in [7, 11) is 0. The van der Waals surface area contributed by atoms with Crippen molar-refractivity contribution < 1.29 is 4.79 Å². The number of nitrogens with zero attached hydrogens (tertiary/aromatic N) is 2. The fourth-order valence-electron chi connectivity index (χ4n) is 3.70. The average molecular weight is 385 g/mol. The third-order valence-electron chi connectivity index (χ3n) is 5.25. The van der Waals surface area contributed by atoms with Gasteiger partial charge in [0.2, 0.25) is 5.91 Å². The van der Waals surface area contributed by atoms with Crippen LogP contribution < -0.4 is 16.4 Å². The fourth-order valence-corrected chi connectivity index (χ4v) is 3.70. The molecule has 3 aromatic rings. The van der Waals surface area contributed by atoms with Crippen LogP contribution in [0.1, 0.15) is 23.1 Å². The van der Waals surface area contributed by atoms with Crippen molar-refractivity contribution in [3.63, 3.8) is 0 Å². The van der Waals surface area contributed by atoms with Crippen molar-refractivity contribution in [1.82, 2.24) is 4.98 Å². The van der Waals surface area contributed by atoms with Crippen molar-refractivity contribution >= 4 is 17.6 Å². The summed E-state index contributed by atoms with van der Waals surface area (Å²) in [5.41, 5.74) is 16.4. The van der Waals surface area contributed by atoms with Gasteiger partial charge in [0.25, 0.3) is 0 Å². The Bertz CT molecular complexity index is 1060. The van der Waals surface area contributed by atoms with E-state index in [0.29, 0.717) is 24.3 Å². The summed E-state index contributed by atoms with van der Waals surface area (Å²) < 4.78 is 0. The number of carbonyl (C=O) groups is 1. The Balaban J connectivity index is 1.64. The second kappa shape index (κ2) is 7.85. The van der Waals surface area contributed by atoms with Gasteiger partial charge < -0.3 is 11.5 Å². The molecule has 29 heavy (non-hydrogen) atoms. The Kier molecular flexibility index (Phi) is 5.10. The van der Waals surface area contributed by atoms with Gasteiger partial charge in [-0.25, -0.2) is 4.98 Å². The molecule has 0 fully saturated rings. The molecule has 0 aliphatic carbocycles. The SMILES string of the molecule is N=C(N)c1ccccc1-c1ccc(CN2C(=O)[C@H](N)CCc3cccnc32)cc1.